The number of amides is 1. The number of rotatable bonds is 3. The molecule has 1 aliphatic rings. The van der Waals surface area contributed by atoms with Crippen LogP contribution in [0.1, 0.15) is 18.5 Å². The van der Waals surface area contributed by atoms with Gasteiger partial charge in [0.2, 0.25) is 0 Å². The zero-order chi connectivity index (χ0) is 19.7. The molecule has 1 amide bonds. The van der Waals surface area contributed by atoms with E-state index >= 15 is 0 Å². The number of thiocarbonyl (C=S) groups is 1. The van der Waals surface area contributed by atoms with Gasteiger partial charge >= 0.3 is 0 Å². The number of hydrogen-bond donors (Lipinski definition) is 1. The standard InChI is InChI=1S/C20H19Cl2N3OS/c1-12-17(19(26)23-16-11-7-6-10-15(16)22)18(25(3)20(27)24(12)2)13-8-4-5-9-14(13)21/h4-11,18H,1-3H3,(H,23,26)/t18-/m1/s1. The third-order valence-electron chi connectivity index (χ3n) is 4.71. The fourth-order valence-electron chi connectivity index (χ4n) is 3.16. The van der Waals surface area contributed by atoms with Crippen LogP contribution < -0.4 is 5.32 Å². The predicted molar refractivity (Wildman–Crippen MR) is 115 cm³/mol. The molecule has 0 unspecified atom stereocenters. The summed E-state index contributed by atoms with van der Waals surface area (Å²) in [6.45, 7) is 1.88. The van der Waals surface area contributed by atoms with Crippen LogP contribution in [0.15, 0.2) is 59.8 Å². The SMILES string of the molecule is CC1=C(C(=O)Nc2ccccc2Cl)[C@@H](c2ccccc2Cl)N(C)C(=S)N1C. The van der Waals surface area contributed by atoms with E-state index in [2.05, 4.69) is 5.32 Å². The molecule has 27 heavy (non-hydrogen) atoms. The van der Waals surface area contributed by atoms with Crippen LogP contribution in [0.5, 0.6) is 0 Å². The molecule has 0 saturated carbocycles. The molecule has 140 valence electrons. The number of allylic oxidation sites excluding steroid dienone is 1. The Morgan fingerprint density at radius 2 is 1.63 bits per heavy atom. The van der Waals surface area contributed by atoms with Crippen LogP contribution >= 0.6 is 35.4 Å². The Kier molecular flexibility index (Phi) is 5.75. The van der Waals surface area contributed by atoms with Crippen molar-refractivity contribution in [2.45, 2.75) is 13.0 Å². The predicted octanol–water partition coefficient (Wildman–Crippen LogP) is 5.11. The van der Waals surface area contributed by atoms with Crippen molar-refractivity contribution in [1.29, 1.82) is 0 Å². The summed E-state index contributed by atoms with van der Waals surface area (Å²) in [5, 5.41) is 4.59. The first-order chi connectivity index (χ1) is 12.8. The molecule has 0 fully saturated rings. The monoisotopic (exact) mass is 419 g/mol. The first-order valence-electron chi connectivity index (χ1n) is 8.34. The smallest absolute Gasteiger partial charge is 0.255 e. The van der Waals surface area contributed by atoms with Gasteiger partial charge in [-0.25, -0.2) is 0 Å². The minimum absolute atomic E-state index is 0.244. The van der Waals surface area contributed by atoms with Crippen LogP contribution in [0.4, 0.5) is 5.69 Å². The highest BCUT2D eigenvalue weighted by atomic mass is 35.5. The van der Waals surface area contributed by atoms with Gasteiger partial charge in [-0.15, -0.1) is 0 Å². The summed E-state index contributed by atoms with van der Waals surface area (Å²) >= 11 is 18.2. The van der Waals surface area contributed by atoms with E-state index in [1.54, 1.807) is 12.1 Å². The van der Waals surface area contributed by atoms with Crippen molar-refractivity contribution in [2.75, 3.05) is 19.4 Å². The van der Waals surface area contributed by atoms with E-state index in [0.29, 0.717) is 26.4 Å². The van der Waals surface area contributed by atoms with E-state index in [9.17, 15) is 4.79 Å². The Bertz CT molecular complexity index is 944. The van der Waals surface area contributed by atoms with E-state index < -0.39 is 6.04 Å². The lowest BCUT2D eigenvalue weighted by Crippen LogP contribution is -2.47. The van der Waals surface area contributed by atoms with Crippen molar-refractivity contribution in [1.82, 2.24) is 9.80 Å². The zero-order valence-corrected chi connectivity index (χ0v) is 17.5. The van der Waals surface area contributed by atoms with Gasteiger partial charge in [-0.05, 0) is 42.9 Å². The Morgan fingerprint density at radius 3 is 2.26 bits per heavy atom. The fourth-order valence-corrected chi connectivity index (χ4v) is 3.83. The van der Waals surface area contributed by atoms with Gasteiger partial charge in [-0.2, -0.15) is 0 Å². The van der Waals surface area contributed by atoms with E-state index in [-0.39, 0.29) is 5.91 Å². The van der Waals surface area contributed by atoms with Crippen molar-refractivity contribution in [2.24, 2.45) is 0 Å². The van der Waals surface area contributed by atoms with Gasteiger partial charge < -0.3 is 15.1 Å². The third kappa shape index (κ3) is 3.68. The van der Waals surface area contributed by atoms with E-state index in [1.807, 2.05) is 67.2 Å². The Hall–Kier alpha value is -2.08. The topological polar surface area (TPSA) is 35.6 Å². The van der Waals surface area contributed by atoms with Gasteiger partial charge in [0.15, 0.2) is 5.11 Å². The number of nitrogens with zero attached hydrogens (tertiary/aromatic N) is 2. The van der Waals surface area contributed by atoms with Gasteiger partial charge in [0.1, 0.15) is 0 Å². The van der Waals surface area contributed by atoms with Gasteiger partial charge in [0, 0.05) is 24.8 Å². The minimum atomic E-state index is -0.398. The molecule has 3 rings (SSSR count). The summed E-state index contributed by atoms with van der Waals surface area (Å²) in [6, 6.07) is 14.2. The minimum Gasteiger partial charge on any atom is -0.340 e. The number of halogens is 2. The molecular weight excluding hydrogens is 401 g/mol. The normalized spacial score (nSPS) is 17.4. The summed E-state index contributed by atoms with van der Waals surface area (Å²) in [4.78, 5) is 17.0. The van der Waals surface area contributed by atoms with Crippen molar-refractivity contribution in [3.8, 4) is 0 Å². The lowest BCUT2D eigenvalue weighted by atomic mass is 9.93. The molecule has 7 heteroatoms. The second-order valence-corrected chi connectivity index (χ2v) is 7.49. The van der Waals surface area contributed by atoms with Crippen LogP contribution in [0.2, 0.25) is 10.0 Å². The van der Waals surface area contributed by atoms with Crippen molar-refractivity contribution < 1.29 is 4.79 Å². The van der Waals surface area contributed by atoms with E-state index in [4.69, 9.17) is 35.4 Å². The molecule has 0 saturated heterocycles. The summed E-state index contributed by atoms with van der Waals surface area (Å²) < 4.78 is 0. The molecule has 0 aliphatic carbocycles. The van der Waals surface area contributed by atoms with Gasteiger partial charge in [-0.3, -0.25) is 4.79 Å². The van der Waals surface area contributed by atoms with Crippen LogP contribution in [0.25, 0.3) is 0 Å². The average molecular weight is 420 g/mol. The van der Waals surface area contributed by atoms with Crippen LogP contribution in [-0.4, -0.2) is 34.9 Å². The lowest BCUT2D eigenvalue weighted by molar-refractivity contribution is -0.113. The highest BCUT2D eigenvalue weighted by Crippen LogP contribution is 2.39. The van der Waals surface area contributed by atoms with E-state index in [0.717, 1.165) is 11.3 Å². The van der Waals surface area contributed by atoms with Gasteiger partial charge in [-0.1, -0.05) is 53.5 Å². The fraction of sp³-hybridized carbons (Fsp3) is 0.200. The first kappa shape index (κ1) is 19.7. The molecule has 0 spiro atoms. The number of carbonyl (C=O) groups excluding carboxylic acids is 1. The number of para-hydroxylation sites is 1. The number of hydrogen-bond acceptors (Lipinski definition) is 2. The summed E-state index contributed by atoms with van der Waals surface area (Å²) in [6.07, 6.45) is 0. The maximum atomic E-state index is 13.3. The largest absolute Gasteiger partial charge is 0.340 e. The molecule has 1 aliphatic heterocycles. The van der Waals surface area contributed by atoms with Crippen LogP contribution in [0, 0.1) is 0 Å². The molecule has 1 heterocycles. The third-order valence-corrected chi connectivity index (χ3v) is 5.94. The maximum Gasteiger partial charge on any atom is 0.255 e. The summed E-state index contributed by atoms with van der Waals surface area (Å²) in [5.41, 5.74) is 2.72. The number of carbonyl (C=O) groups is 1. The number of nitrogens with one attached hydrogen (secondary N) is 1. The summed E-state index contributed by atoms with van der Waals surface area (Å²) in [7, 11) is 3.71. The Labute approximate surface area is 174 Å². The molecule has 0 radical (unpaired) electrons. The molecule has 4 nitrogen and oxygen atoms in total. The van der Waals surface area contributed by atoms with Crippen molar-refractivity contribution in [3.05, 3.63) is 75.4 Å². The van der Waals surface area contributed by atoms with Crippen LogP contribution in [0.3, 0.4) is 0 Å². The molecular formula is C20H19Cl2N3OS. The van der Waals surface area contributed by atoms with Crippen molar-refractivity contribution in [3.63, 3.8) is 0 Å². The summed E-state index contributed by atoms with van der Waals surface area (Å²) in [5.74, 6) is -0.244. The van der Waals surface area contributed by atoms with Crippen molar-refractivity contribution >= 4 is 52.1 Å². The Morgan fingerprint density at radius 1 is 1.04 bits per heavy atom. The highest BCUT2D eigenvalue weighted by molar-refractivity contribution is 7.80. The highest BCUT2D eigenvalue weighted by Gasteiger charge is 2.37. The molecule has 2 aromatic carbocycles. The molecule has 0 aromatic heterocycles. The number of likely N-dealkylation sites (N-methyl/N-ethyl adjacent to an activating group) is 1. The number of benzene rings is 2. The first-order valence-corrected chi connectivity index (χ1v) is 9.51. The Balaban J connectivity index is 2.10. The second-order valence-electron chi connectivity index (χ2n) is 6.31. The average Bonchev–Trinajstić information content (AvgIpc) is 2.65. The molecule has 1 N–H and O–H groups in total. The van der Waals surface area contributed by atoms with Crippen LogP contribution in [-0.2, 0) is 4.79 Å². The molecule has 1 atom stereocenters. The maximum absolute atomic E-state index is 13.3. The van der Waals surface area contributed by atoms with Gasteiger partial charge in [0.25, 0.3) is 5.91 Å². The molecule has 0 bridgehead atoms. The van der Waals surface area contributed by atoms with Gasteiger partial charge in [0.05, 0.1) is 22.3 Å². The quantitative estimate of drug-likeness (QED) is 0.701. The van der Waals surface area contributed by atoms with E-state index in [1.165, 1.54) is 0 Å². The number of anilines is 1. The molecule has 2 aromatic rings. The lowest BCUT2D eigenvalue weighted by Gasteiger charge is -2.42. The second kappa shape index (κ2) is 7.89. The zero-order valence-electron chi connectivity index (χ0n) is 15.2.